The Morgan fingerprint density at radius 1 is 0.818 bits per heavy atom. The molecular weight excluding hydrogens is 282 g/mol. The second kappa shape index (κ2) is 4.66. The first kappa shape index (κ1) is 12.5. The number of oxazole rings is 1. The van der Waals surface area contributed by atoms with Crippen molar-refractivity contribution in [1.82, 2.24) is 4.98 Å². The van der Waals surface area contributed by atoms with E-state index in [0.717, 1.165) is 5.56 Å². The molecule has 2 aromatic carbocycles. The Morgan fingerprint density at radius 3 is 2.41 bits per heavy atom. The molecule has 5 nitrogen and oxygen atoms in total. The Kier molecular flexibility index (Phi) is 2.66. The highest BCUT2D eigenvalue weighted by atomic mass is 16.6. The van der Waals surface area contributed by atoms with Crippen molar-refractivity contribution in [3.63, 3.8) is 0 Å². The van der Waals surface area contributed by atoms with Gasteiger partial charge in [-0.25, -0.2) is 14.6 Å². The minimum atomic E-state index is -0.642. The number of benzene rings is 2. The van der Waals surface area contributed by atoms with Gasteiger partial charge in [-0.1, -0.05) is 30.3 Å². The number of hydrogen-bond acceptors (Lipinski definition) is 5. The lowest BCUT2D eigenvalue weighted by Gasteiger charge is -1.98. The molecule has 0 fully saturated rings. The number of fused-ring (bicyclic) bond motifs is 1. The zero-order chi connectivity index (χ0) is 15.1. The third-order valence-electron chi connectivity index (χ3n) is 3.46. The fourth-order valence-electron chi connectivity index (χ4n) is 2.36. The summed E-state index contributed by atoms with van der Waals surface area (Å²) in [6.45, 7) is 0. The monoisotopic (exact) mass is 291 g/mol. The van der Waals surface area contributed by atoms with Gasteiger partial charge in [-0.05, 0) is 18.2 Å². The highest BCUT2D eigenvalue weighted by molar-refractivity contribution is 6.15. The second-order valence-corrected chi connectivity index (χ2v) is 4.83. The van der Waals surface area contributed by atoms with E-state index in [2.05, 4.69) is 9.72 Å². The molecule has 3 aromatic rings. The number of carbonyl (C=O) groups excluding carboxylic acids is 2. The summed E-state index contributed by atoms with van der Waals surface area (Å²) in [5.74, 6) is -0.246. The van der Waals surface area contributed by atoms with Crippen molar-refractivity contribution in [2.75, 3.05) is 0 Å². The normalized spacial score (nSPS) is 13.1. The van der Waals surface area contributed by atoms with E-state index in [-0.39, 0.29) is 11.1 Å². The van der Waals surface area contributed by atoms with Gasteiger partial charge in [0, 0.05) is 11.1 Å². The molecule has 0 N–H and O–H groups in total. The first-order chi connectivity index (χ1) is 10.7. The lowest BCUT2D eigenvalue weighted by Crippen LogP contribution is -1.96. The number of rotatable bonds is 2. The van der Waals surface area contributed by atoms with Gasteiger partial charge in [-0.3, -0.25) is 0 Å². The lowest BCUT2D eigenvalue weighted by molar-refractivity contribution is 0.0444. The molecule has 0 atom stereocenters. The van der Waals surface area contributed by atoms with Crippen molar-refractivity contribution in [2.45, 2.75) is 0 Å². The molecule has 0 saturated heterocycles. The second-order valence-electron chi connectivity index (χ2n) is 4.83. The Balaban J connectivity index is 1.75. The SMILES string of the molecule is O=C1OC(=O)c2cc(-c3ncc(-c4ccccc4)o3)ccc21. The fourth-order valence-corrected chi connectivity index (χ4v) is 2.36. The van der Waals surface area contributed by atoms with Crippen LogP contribution in [0.25, 0.3) is 22.8 Å². The summed E-state index contributed by atoms with van der Waals surface area (Å²) in [5.41, 5.74) is 2.04. The molecule has 1 aromatic heterocycles. The Hall–Kier alpha value is -3.21. The number of cyclic esters (lactones) is 2. The van der Waals surface area contributed by atoms with Gasteiger partial charge in [-0.15, -0.1) is 0 Å². The maximum atomic E-state index is 11.6. The van der Waals surface area contributed by atoms with Crippen LogP contribution in [0.5, 0.6) is 0 Å². The predicted octanol–water partition coefficient (Wildman–Crippen LogP) is 3.32. The molecular formula is C17H9NO4. The van der Waals surface area contributed by atoms with Crippen molar-refractivity contribution < 1.29 is 18.7 Å². The van der Waals surface area contributed by atoms with E-state index in [1.807, 2.05) is 30.3 Å². The lowest BCUT2D eigenvalue weighted by atomic mass is 10.1. The van der Waals surface area contributed by atoms with Crippen LogP contribution < -0.4 is 0 Å². The van der Waals surface area contributed by atoms with Gasteiger partial charge < -0.3 is 9.15 Å². The van der Waals surface area contributed by atoms with Crippen molar-refractivity contribution in [1.29, 1.82) is 0 Å². The maximum Gasteiger partial charge on any atom is 0.346 e. The molecule has 4 rings (SSSR count). The van der Waals surface area contributed by atoms with Gasteiger partial charge in [-0.2, -0.15) is 0 Å². The summed E-state index contributed by atoms with van der Waals surface area (Å²) >= 11 is 0. The number of nitrogens with zero attached hydrogens (tertiary/aromatic N) is 1. The van der Waals surface area contributed by atoms with E-state index < -0.39 is 11.9 Å². The average Bonchev–Trinajstić information content (AvgIpc) is 3.14. The Labute approximate surface area is 125 Å². The third kappa shape index (κ3) is 1.91. The van der Waals surface area contributed by atoms with Crippen molar-refractivity contribution >= 4 is 11.9 Å². The summed E-state index contributed by atoms with van der Waals surface area (Å²) in [7, 11) is 0. The van der Waals surface area contributed by atoms with Crippen LogP contribution in [0.2, 0.25) is 0 Å². The van der Waals surface area contributed by atoms with Crippen molar-refractivity contribution in [2.24, 2.45) is 0 Å². The summed E-state index contributed by atoms with van der Waals surface area (Å²) in [5, 5.41) is 0. The number of ether oxygens (including phenoxy) is 1. The summed E-state index contributed by atoms with van der Waals surface area (Å²) < 4.78 is 10.3. The number of esters is 2. The van der Waals surface area contributed by atoms with Gasteiger partial charge in [0.15, 0.2) is 5.76 Å². The summed E-state index contributed by atoms with van der Waals surface area (Å²) in [6.07, 6.45) is 1.63. The molecule has 22 heavy (non-hydrogen) atoms. The molecule has 0 radical (unpaired) electrons. The highest BCUT2D eigenvalue weighted by Crippen LogP contribution is 2.29. The maximum absolute atomic E-state index is 11.6. The molecule has 0 bridgehead atoms. The number of aromatic nitrogens is 1. The topological polar surface area (TPSA) is 69.4 Å². The van der Waals surface area contributed by atoms with Crippen LogP contribution in [0.3, 0.4) is 0 Å². The standard InChI is InChI=1S/C17H9NO4/c19-16-12-7-6-11(8-13(12)17(20)22-16)15-18-9-14(21-15)10-4-2-1-3-5-10/h1-9H. The first-order valence-electron chi connectivity index (χ1n) is 6.64. The number of hydrogen-bond donors (Lipinski definition) is 0. The molecule has 1 aliphatic heterocycles. The van der Waals surface area contributed by atoms with E-state index in [4.69, 9.17) is 4.42 Å². The van der Waals surface area contributed by atoms with Crippen LogP contribution in [0.15, 0.2) is 59.1 Å². The van der Waals surface area contributed by atoms with Gasteiger partial charge in [0.1, 0.15) is 0 Å². The van der Waals surface area contributed by atoms with Crippen LogP contribution in [0.1, 0.15) is 20.7 Å². The smallest absolute Gasteiger partial charge is 0.346 e. The molecule has 1 aliphatic rings. The summed E-state index contributed by atoms with van der Waals surface area (Å²) in [6, 6.07) is 14.4. The zero-order valence-corrected chi connectivity index (χ0v) is 11.3. The van der Waals surface area contributed by atoms with Gasteiger partial charge in [0.05, 0.1) is 17.3 Å². The minimum Gasteiger partial charge on any atom is -0.436 e. The number of carbonyl (C=O) groups is 2. The van der Waals surface area contributed by atoms with Crippen molar-refractivity contribution in [3.8, 4) is 22.8 Å². The van der Waals surface area contributed by atoms with E-state index >= 15 is 0 Å². The van der Waals surface area contributed by atoms with Crippen molar-refractivity contribution in [3.05, 3.63) is 65.9 Å². The molecule has 0 aliphatic carbocycles. The van der Waals surface area contributed by atoms with E-state index in [1.165, 1.54) is 0 Å². The minimum absolute atomic E-state index is 0.238. The van der Waals surface area contributed by atoms with E-state index in [1.54, 1.807) is 24.4 Å². The van der Waals surface area contributed by atoms with Crippen LogP contribution in [0, 0.1) is 0 Å². The highest BCUT2D eigenvalue weighted by Gasteiger charge is 2.30. The fraction of sp³-hybridized carbons (Fsp3) is 0. The van der Waals surface area contributed by atoms with E-state index in [0.29, 0.717) is 17.2 Å². The molecule has 106 valence electrons. The summed E-state index contributed by atoms with van der Waals surface area (Å²) in [4.78, 5) is 27.3. The molecule has 2 heterocycles. The quantitative estimate of drug-likeness (QED) is 0.535. The molecule has 5 heteroatoms. The van der Waals surface area contributed by atoms with Crippen LogP contribution in [0.4, 0.5) is 0 Å². The largest absolute Gasteiger partial charge is 0.436 e. The van der Waals surface area contributed by atoms with E-state index in [9.17, 15) is 9.59 Å². The van der Waals surface area contributed by atoms with Crippen LogP contribution in [-0.4, -0.2) is 16.9 Å². The van der Waals surface area contributed by atoms with Crippen LogP contribution >= 0.6 is 0 Å². The first-order valence-corrected chi connectivity index (χ1v) is 6.64. The molecule has 0 amide bonds. The molecule has 0 saturated carbocycles. The van der Waals surface area contributed by atoms with Crippen LogP contribution in [-0.2, 0) is 4.74 Å². The molecule has 0 unspecified atom stereocenters. The van der Waals surface area contributed by atoms with Gasteiger partial charge in [0.2, 0.25) is 5.89 Å². The Morgan fingerprint density at radius 2 is 1.59 bits per heavy atom. The van der Waals surface area contributed by atoms with Gasteiger partial charge in [0.25, 0.3) is 0 Å². The molecule has 0 spiro atoms. The average molecular weight is 291 g/mol. The van der Waals surface area contributed by atoms with Gasteiger partial charge >= 0.3 is 11.9 Å². The predicted molar refractivity (Wildman–Crippen MR) is 77.1 cm³/mol. The Bertz CT molecular complexity index is 896. The zero-order valence-electron chi connectivity index (χ0n) is 11.3. The third-order valence-corrected chi connectivity index (χ3v) is 3.46.